The Morgan fingerprint density at radius 3 is 2.22 bits per heavy atom. The molecule has 1 aromatic carbocycles. The number of carbonyl (C=O) groups is 3. The second-order valence-electron chi connectivity index (χ2n) is 6.29. The Balaban J connectivity index is 2.60. The fourth-order valence-electron chi connectivity index (χ4n) is 2.40. The number of anilines is 1. The predicted octanol–water partition coefficient (Wildman–Crippen LogP) is 2.46. The molecule has 0 saturated heterocycles. The lowest BCUT2D eigenvalue weighted by atomic mass is 9.84. The maximum Gasteiger partial charge on any atom is 0.326 e. The Morgan fingerprint density at radius 1 is 1.17 bits per heavy atom. The Morgan fingerprint density at radius 2 is 1.74 bits per heavy atom. The number of esters is 1. The van der Waals surface area contributed by atoms with Gasteiger partial charge in [-0.3, -0.25) is 19.3 Å². The lowest BCUT2D eigenvalue weighted by molar-refractivity contribution is -0.152. The molecular weight excluding hydrogens is 301 g/mol. The van der Waals surface area contributed by atoms with Crippen molar-refractivity contribution in [2.75, 3.05) is 12.0 Å². The summed E-state index contributed by atoms with van der Waals surface area (Å²) in [5.41, 5.74) is 0.305. The number of ether oxygens (including phenoxy) is 1. The molecule has 1 unspecified atom stereocenters. The van der Waals surface area contributed by atoms with Crippen molar-refractivity contribution in [2.45, 2.75) is 20.8 Å². The number of carbonyl (C=O) groups excluding carboxylic acids is 3. The van der Waals surface area contributed by atoms with Gasteiger partial charge in [-0.1, -0.05) is 20.8 Å². The fourth-order valence-corrected chi connectivity index (χ4v) is 2.40. The van der Waals surface area contributed by atoms with E-state index in [1.165, 1.54) is 35.2 Å². The summed E-state index contributed by atoms with van der Waals surface area (Å²) in [7, 11) is 1.12. The van der Waals surface area contributed by atoms with E-state index in [4.69, 9.17) is 0 Å². The molecule has 1 aliphatic heterocycles. The van der Waals surface area contributed by atoms with E-state index in [9.17, 15) is 18.8 Å². The molecule has 1 amide bonds. The third-order valence-electron chi connectivity index (χ3n) is 3.56. The minimum atomic E-state index is -1.53. The van der Waals surface area contributed by atoms with Gasteiger partial charge >= 0.3 is 5.97 Å². The summed E-state index contributed by atoms with van der Waals surface area (Å²) in [5, 5.41) is 0. The summed E-state index contributed by atoms with van der Waals surface area (Å²) in [4.78, 5) is 38.0. The quantitative estimate of drug-likeness (QED) is 0.620. The lowest BCUT2D eigenvalue weighted by Gasteiger charge is -2.37. The summed E-state index contributed by atoms with van der Waals surface area (Å²) >= 11 is 0. The largest absolute Gasteiger partial charge is 0.468 e. The molecular formula is C17H18FNO4. The van der Waals surface area contributed by atoms with Crippen molar-refractivity contribution in [1.82, 2.24) is 0 Å². The van der Waals surface area contributed by atoms with Crippen molar-refractivity contribution < 1.29 is 23.5 Å². The second-order valence-corrected chi connectivity index (χ2v) is 6.29. The third-order valence-corrected chi connectivity index (χ3v) is 3.56. The average Bonchev–Trinajstić information content (AvgIpc) is 2.46. The van der Waals surface area contributed by atoms with Crippen LogP contribution in [-0.4, -0.2) is 24.8 Å². The lowest BCUT2D eigenvalue weighted by Crippen LogP contribution is -2.49. The van der Waals surface area contributed by atoms with Crippen molar-refractivity contribution in [3.63, 3.8) is 0 Å². The Labute approximate surface area is 133 Å². The molecule has 23 heavy (non-hydrogen) atoms. The number of benzene rings is 1. The van der Waals surface area contributed by atoms with Gasteiger partial charge in [0.1, 0.15) is 5.82 Å². The number of ketones is 1. The summed E-state index contributed by atoms with van der Waals surface area (Å²) < 4.78 is 17.7. The summed E-state index contributed by atoms with van der Waals surface area (Å²) in [6.45, 7) is 5.52. The van der Waals surface area contributed by atoms with Crippen LogP contribution in [0.1, 0.15) is 20.8 Å². The van der Waals surface area contributed by atoms with Gasteiger partial charge in [-0.05, 0) is 24.3 Å². The van der Waals surface area contributed by atoms with Crippen molar-refractivity contribution in [2.24, 2.45) is 11.3 Å². The van der Waals surface area contributed by atoms with Crippen molar-refractivity contribution in [3.05, 3.63) is 41.9 Å². The molecule has 0 bridgehead atoms. The zero-order chi connectivity index (χ0) is 17.4. The number of amides is 1. The van der Waals surface area contributed by atoms with Gasteiger partial charge in [-0.25, -0.2) is 4.39 Å². The minimum absolute atomic E-state index is 0.388. The van der Waals surface area contributed by atoms with Crippen molar-refractivity contribution >= 4 is 23.3 Å². The Hall–Kier alpha value is -2.50. The molecule has 2 rings (SSSR count). The Kier molecular flexibility index (Phi) is 4.36. The van der Waals surface area contributed by atoms with E-state index in [1.54, 1.807) is 0 Å². The standard InChI is InChI=1S/C17H18FNO4/c1-17(2,3)13-9-12(20)14(16(22)23-4)15(21)19(13)11-7-5-10(18)6-8-11/h5-9,14H,1-4H3. The van der Waals surface area contributed by atoms with E-state index in [0.29, 0.717) is 11.4 Å². The second kappa shape index (κ2) is 5.95. The van der Waals surface area contributed by atoms with Crippen molar-refractivity contribution in [1.29, 1.82) is 0 Å². The first-order valence-electron chi connectivity index (χ1n) is 7.10. The molecule has 0 aromatic heterocycles. The van der Waals surface area contributed by atoms with Crippen LogP contribution in [0, 0.1) is 17.2 Å². The average molecular weight is 319 g/mol. The first-order valence-corrected chi connectivity index (χ1v) is 7.10. The SMILES string of the molecule is COC(=O)C1C(=O)C=C(C(C)(C)C)N(c2ccc(F)cc2)C1=O. The zero-order valence-corrected chi connectivity index (χ0v) is 13.4. The molecule has 1 aromatic rings. The van der Waals surface area contributed by atoms with Gasteiger partial charge in [0.2, 0.25) is 0 Å². The van der Waals surface area contributed by atoms with Gasteiger partial charge in [0.25, 0.3) is 5.91 Å². The highest BCUT2D eigenvalue weighted by atomic mass is 19.1. The number of halogens is 1. The molecule has 0 spiro atoms. The van der Waals surface area contributed by atoms with Crippen LogP contribution >= 0.6 is 0 Å². The van der Waals surface area contributed by atoms with Gasteiger partial charge in [0.05, 0.1) is 7.11 Å². The molecule has 1 atom stereocenters. The number of hydrogen-bond donors (Lipinski definition) is 0. The first kappa shape index (κ1) is 16.9. The molecule has 1 heterocycles. The molecule has 0 fully saturated rings. The normalized spacial score (nSPS) is 18.7. The molecule has 0 N–H and O–H groups in total. The maximum atomic E-state index is 13.2. The molecule has 0 radical (unpaired) electrons. The highest BCUT2D eigenvalue weighted by molar-refractivity contribution is 6.27. The number of rotatable bonds is 2. The van der Waals surface area contributed by atoms with E-state index in [1.807, 2.05) is 20.8 Å². The van der Waals surface area contributed by atoms with Crippen LogP contribution in [0.15, 0.2) is 36.0 Å². The first-order chi connectivity index (χ1) is 10.7. The topological polar surface area (TPSA) is 63.7 Å². The van der Waals surface area contributed by atoms with Crippen LogP contribution in [-0.2, 0) is 19.1 Å². The van der Waals surface area contributed by atoms with E-state index in [0.717, 1.165) is 7.11 Å². The van der Waals surface area contributed by atoms with E-state index < -0.39 is 34.8 Å². The van der Waals surface area contributed by atoms with Gasteiger partial charge in [-0.2, -0.15) is 0 Å². The van der Waals surface area contributed by atoms with Gasteiger partial charge in [0.15, 0.2) is 11.7 Å². The van der Waals surface area contributed by atoms with E-state index >= 15 is 0 Å². The van der Waals surface area contributed by atoms with Crippen LogP contribution in [0.4, 0.5) is 10.1 Å². The summed E-state index contributed by atoms with van der Waals surface area (Å²) in [6, 6.07) is 5.28. The van der Waals surface area contributed by atoms with Gasteiger partial charge in [-0.15, -0.1) is 0 Å². The van der Waals surface area contributed by atoms with Crippen LogP contribution in [0.3, 0.4) is 0 Å². The smallest absolute Gasteiger partial charge is 0.326 e. The van der Waals surface area contributed by atoms with Crippen molar-refractivity contribution in [3.8, 4) is 0 Å². The van der Waals surface area contributed by atoms with E-state index in [2.05, 4.69) is 4.74 Å². The fraction of sp³-hybridized carbons (Fsp3) is 0.353. The van der Waals surface area contributed by atoms with Gasteiger partial charge in [0, 0.05) is 22.9 Å². The molecule has 5 nitrogen and oxygen atoms in total. The monoisotopic (exact) mass is 319 g/mol. The zero-order valence-electron chi connectivity index (χ0n) is 13.4. The minimum Gasteiger partial charge on any atom is -0.468 e. The van der Waals surface area contributed by atoms with Gasteiger partial charge < -0.3 is 4.74 Å². The van der Waals surface area contributed by atoms with E-state index in [-0.39, 0.29) is 0 Å². The third kappa shape index (κ3) is 3.16. The van der Waals surface area contributed by atoms with Crippen LogP contribution in [0.2, 0.25) is 0 Å². The highest BCUT2D eigenvalue weighted by Crippen LogP contribution is 2.36. The Bertz CT molecular complexity index is 686. The number of methoxy groups -OCH3 is 1. The number of allylic oxidation sites excluding steroid dienone is 2. The molecule has 0 aliphatic carbocycles. The molecule has 1 aliphatic rings. The summed E-state index contributed by atoms with van der Waals surface area (Å²) in [6.07, 6.45) is 1.28. The molecule has 6 heteroatoms. The summed E-state index contributed by atoms with van der Waals surface area (Å²) in [5.74, 6) is -4.18. The molecule has 0 saturated carbocycles. The maximum absolute atomic E-state index is 13.2. The predicted molar refractivity (Wildman–Crippen MR) is 81.9 cm³/mol. The van der Waals surface area contributed by atoms with Crippen LogP contribution in [0.25, 0.3) is 0 Å². The number of nitrogens with zero attached hydrogens (tertiary/aromatic N) is 1. The molecule has 122 valence electrons. The van der Waals surface area contributed by atoms with Crippen LogP contribution in [0.5, 0.6) is 0 Å². The number of hydrogen-bond acceptors (Lipinski definition) is 4. The highest BCUT2D eigenvalue weighted by Gasteiger charge is 2.45. The van der Waals surface area contributed by atoms with Crippen LogP contribution < -0.4 is 4.90 Å².